The zero-order valence-electron chi connectivity index (χ0n) is 14.5. The molecule has 0 radical (unpaired) electrons. The van der Waals surface area contributed by atoms with Crippen molar-refractivity contribution in [2.45, 2.75) is 40.3 Å². The van der Waals surface area contributed by atoms with Crippen LogP contribution in [0, 0.1) is 5.92 Å². The lowest BCUT2D eigenvalue weighted by molar-refractivity contribution is 0.610. The van der Waals surface area contributed by atoms with E-state index in [1.807, 2.05) is 29.2 Å². The first kappa shape index (κ1) is 22.8. The third-order valence-corrected chi connectivity index (χ3v) is 4.72. The van der Waals surface area contributed by atoms with Gasteiger partial charge in [-0.15, -0.1) is 6.58 Å². The zero-order chi connectivity index (χ0) is 17.7. The molecule has 0 saturated carbocycles. The summed E-state index contributed by atoms with van der Waals surface area (Å²) < 4.78 is 3.03. The van der Waals surface area contributed by atoms with Crippen LogP contribution in [0.5, 0.6) is 0 Å². The Kier molecular flexibility index (Phi) is 14.0. The van der Waals surface area contributed by atoms with Gasteiger partial charge < -0.3 is 0 Å². The molecule has 1 unspecified atom stereocenters. The summed E-state index contributed by atoms with van der Waals surface area (Å²) >= 11 is 4.54. The fraction of sp³-hybridized carbons (Fsp3) is 0.421. The Morgan fingerprint density at radius 3 is 2.57 bits per heavy atom. The van der Waals surface area contributed by atoms with Crippen LogP contribution in [0.1, 0.15) is 34.1 Å². The van der Waals surface area contributed by atoms with E-state index in [-0.39, 0.29) is 6.17 Å². The van der Waals surface area contributed by atoms with Crippen molar-refractivity contribution in [2.75, 3.05) is 6.54 Å². The smallest absolute Gasteiger partial charge is 0.120 e. The van der Waals surface area contributed by atoms with Gasteiger partial charge in [0.15, 0.2) is 0 Å². The molecule has 0 aromatic heterocycles. The van der Waals surface area contributed by atoms with Crippen molar-refractivity contribution >= 4 is 48.9 Å². The van der Waals surface area contributed by atoms with Crippen molar-refractivity contribution in [1.82, 2.24) is 5.32 Å². The van der Waals surface area contributed by atoms with Gasteiger partial charge in [0.2, 0.25) is 0 Å². The Labute approximate surface area is 169 Å². The molecule has 1 N–H and O–H groups in total. The van der Waals surface area contributed by atoms with Crippen LogP contribution >= 0.6 is 45.2 Å². The van der Waals surface area contributed by atoms with Crippen LogP contribution in [-0.4, -0.2) is 16.4 Å². The summed E-state index contributed by atoms with van der Waals surface area (Å²) in [7, 11) is 0. The van der Waals surface area contributed by atoms with E-state index in [9.17, 15) is 0 Å². The standard InChI is InChI=1S/C19H28I2N2/c1-6-8-10-16(5)19(21)23-18(12-13-20)22-14-17(15(3)4)11-9-7-2/h6-8,10-13,15,18,22H,2,9,14H2,1,3-5H3/b8-6-,13-12+,16-10+,17-11-,23-19?. The molecule has 0 aliphatic heterocycles. The molecule has 0 fully saturated rings. The van der Waals surface area contributed by atoms with E-state index in [1.54, 1.807) is 0 Å². The number of allylic oxidation sites excluding steroid dienone is 6. The van der Waals surface area contributed by atoms with Crippen LogP contribution in [0.25, 0.3) is 0 Å². The van der Waals surface area contributed by atoms with Crippen LogP contribution in [0.2, 0.25) is 0 Å². The molecule has 0 aliphatic rings. The van der Waals surface area contributed by atoms with Gasteiger partial charge in [-0.3, -0.25) is 10.3 Å². The zero-order valence-corrected chi connectivity index (χ0v) is 18.8. The first-order valence-electron chi connectivity index (χ1n) is 7.79. The van der Waals surface area contributed by atoms with Crippen LogP contribution in [-0.2, 0) is 0 Å². The summed E-state index contributed by atoms with van der Waals surface area (Å²) in [6, 6.07) is 0. The van der Waals surface area contributed by atoms with E-state index in [1.165, 1.54) is 11.1 Å². The minimum absolute atomic E-state index is 0.0152. The van der Waals surface area contributed by atoms with Gasteiger partial charge in [0.1, 0.15) is 9.88 Å². The van der Waals surface area contributed by atoms with E-state index in [4.69, 9.17) is 4.99 Å². The number of hydrogen-bond donors (Lipinski definition) is 1. The van der Waals surface area contributed by atoms with E-state index in [0.717, 1.165) is 16.7 Å². The highest BCUT2D eigenvalue weighted by Gasteiger charge is 2.08. The van der Waals surface area contributed by atoms with Crippen LogP contribution in [0.3, 0.4) is 0 Å². The molecule has 0 saturated heterocycles. The number of halogens is 2. The highest BCUT2D eigenvalue weighted by molar-refractivity contribution is 14.1. The molecule has 0 aromatic rings. The fourth-order valence-corrected chi connectivity index (χ4v) is 2.60. The molecular weight excluding hydrogens is 510 g/mol. The van der Waals surface area contributed by atoms with E-state index >= 15 is 0 Å². The molecule has 0 aromatic carbocycles. The summed E-state index contributed by atoms with van der Waals surface area (Å²) in [6.45, 7) is 13.2. The molecule has 0 spiro atoms. The largest absolute Gasteiger partial charge is 0.289 e. The predicted octanol–water partition coefficient (Wildman–Crippen LogP) is 6.37. The molecule has 128 valence electrons. The maximum Gasteiger partial charge on any atom is 0.120 e. The highest BCUT2D eigenvalue weighted by atomic mass is 127. The van der Waals surface area contributed by atoms with Crippen molar-refractivity contribution in [1.29, 1.82) is 0 Å². The Hall–Kier alpha value is -0.210. The summed E-state index contributed by atoms with van der Waals surface area (Å²) in [5.41, 5.74) is 2.56. The maximum absolute atomic E-state index is 4.78. The normalized spacial score (nSPS) is 15.9. The number of rotatable bonds is 10. The quantitative estimate of drug-likeness (QED) is 0.149. The highest BCUT2D eigenvalue weighted by Crippen LogP contribution is 2.12. The molecule has 1 atom stereocenters. The molecule has 0 aliphatic carbocycles. The monoisotopic (exact) mass is 538 g/mol. The van der Waals surface area contributed by atoms with E-state index in [2.05, 4.69) is 96.1 Å². The topological polar surface area (TPSA) is 24.4 Å². The lowest BCUT2D eigenvalue weighted by Crippen LogP contribution is -2.29. The van der Waals surface area contributed by atoms with Crippen LogP contribution in [0.15, 0.2) is 63.3 Å². The molecular formula is C19H28I2N2. The Bertz CT molecular complexity index is 497. The minimum atomic E-state index is -0.0152. The lowest BCUT2D eigenvalue weighted by atomic mass is 10.0. The summed E-state index contributed by atoms with van der Waals surface area (Å²) in [4.78, 5) is 4.78. The van der Waals surface area contributed by atoms with Crippen LogP contribution in [0.4, 0.5) is 0 Å². The average molecular weight is 538 g/mol. The first-order valence-corrected chi connectivity index (χ1v) is 10.1. The molecule has 0 amide bonds. The third-order valence-electron chi connectivity index (χ3n) is 3.18. The van der Waals surface area contributed by atoms with Gasteiger partial charge >= 0.3 is 0 Å². The Morgan fingerprint density at radius 1 is 1.35 bits per heavy atom. The van der Waals surface area contributed by atoms with Crippen molar-refractivity contribution in [2.24, 2.45) is 10.9 Å². The molecule has 2 nitrogen and oxygen atoms in total. The summed E-state index contributed by atoms with van der Waals surface area (Å²) in [6.07, 6.45) is 13.3. The first-order chi connectivity index (χ1) is 11.0. The van der Waals surface area contributed by atoms with E-state index < -0.39 is 0 Å². The van der Waals surface area contributed by atoms with Gasteiger partial charge in [0, 0.05) is 6.54 Å². The summed E-state index contributed by atoms with van der Waals surface area (Å²) in [5.74, 6) is 0.519. The third kappa shape index (κ3) is 11.1. The molecule has 4 heteroatoms. The van der Waals surface area contributed by atoms with Gasteiger partial charge in [-0.2, -0.15) is 0 Å². The number of nitrogens with one attached hydrogen (secondary N) is 1. The van der Waals surface area contributed by atoms with Gasteiger partial charge in [-0.05, 0) is 64.5 Å². The predicted molar refractivity (Wildman–Crippen MR) is 123 cm³/mol. The second kappa shape index (κ2) is 14.2. The van der Waals surface area contributed by atoms with Crippen molar-refractivity contribution < 1.29 is 0 Å². The molecule has 0 rings (SSSR count). The van der Waals surface area contributed by atoms with Crippen LogP contribution < -0.4 is 5.32 Å². The fourth-order valence-electron chi connectivity index (χ4n) is 1.73. The second-order valence-electron chi connectivity index (χ2n) is 5.40. The SMILES string of the molecule is C=CC/C=C(/CNC(/C=C/I)N=C(I)/C(C)=C/C=C\C)C(C)C. The summed E-state index contributed by atoms with van der Waals surface area (Å²) in [5, 5.41) is 3.52. The Balaban J connectivity index is 5.02. The number of aliphatic imine (C=N–C) groups is 1. The number of hydrogen-bond acceptors (Lipinski definition) is 2. The van der Waals surface area contributed by atoms with Crippen molar-refractivity contribution in [3.05, 3.63) is 58.3 Å². The molecule has 0 bridgehead atoms. The van der Waals surface area contributed by atoms with Gasteiger partial charge in [0.25, 0.3) is 0 Å². The van der Waals surface area contributed by atoms with Gasteiger partial charge in [0.05, 0.1) is 0 Å². The molecule has 0 heterocycles. The van der Waals surface area contributed by atoms with Gasteiger partial charge in [-0.25, -0.2) is 0 Å². The van der Waals surface area contributed by atoms with Crippen molar-refractivity contribution in [3.63, 3.8) is 0 Å². The lowest BCUT2D eigenvalue weighted by Gasteiger charge is -2.16. The number of nitrogens with zero attached hydrogens (tertiary/aromatic N) is 1. The Morgan fingerprint density at radius 2 is 2.04 bits per heavy atom. The minimum Gasteiger partial charge on any atom is -0.289 e. The van der Waals surface area contributed by atoms with Gasteiger partial charge in [-0.1, -0.05) is 72.4 Å². The molecule has 23 heavy (non-hydrogen) atoms. The van der Waals surface area contributed by atoms with E-state index in [0.29, 0.717) is 5.92 Å². The van der Waals surface area contributed by atoms with Crippen molar-refractivity contribution in [3.8, 4) is 0 Å². The second-order valence-corrected chi connectivity index (χ2v) is 7.14. The average Bonchev–Trinajstić information content (AvgIpc) is 2.52. The maximum atomic E-state index is 4.78.